The lowest BCUT2D eigenvalue weighted by molar-refractivity contribution is -0.191. The van der Waals surface area contributed by atoms with Crippen LogP contribution in [0.5, 0.6) is 0 Å². The number of allylic oxidation sites excluding steroid dienone is 4. The molecular formula is C14H22O4. The Balaban J connectivity index is -0.0000000827. The maximum absolute atomic E-state index is 8.36. The molecule has 1 N–H and O–H groups in total. The van der Waals surface area contributed by atoms with Gasteiger partial charge in [-0.2, -0.15) is 9.59 Å². The summed E-state index contributed by atoms with van der Waals surface area (Å²) in [4.78, 5) is 24.6. The maximum Gasteiger partial charge on any atom is 0.373 e. The van der Waals surface area contributed by atoms with Gasteiger partial charge < -0.3 is 5.11 Å². The first kappa shape index (κ1) is 24.9. The van der Waals surface area contributed by atoms with Gasteiger partial charge in [0.15, 0.2) is 0 Å². The molecule has 0 radical (unpaired) electrons. The Kier molecular flexibility index (Phi) is 64.0. The van der Waals surface area contributed by atoms with E-state index in [2.05, 4.69) is 26.3 Å². The zero-order chi connectivity index (χ0) is 15.1. The maximum atomic E-state index is 8.36. The van der Waals surface area contributed by atoms with Crippen molar-refractivity contribution in [1.82, 2.24) is 0 Å². The fraction of sp³-hybridized carbons (Fsp3) is 0.286. The van der Waals surface area contributed by atoms with Gasteiger partial charge in [-0.1, -0.05) is 37.5 Å². The number of carbonyl (C=O) groups excluding carboxylic acids is 2. The molecule has 0 aromatic heterocycles. The van der Waals surface area contributed by atoms with E-state index in [4.69, 9.17) is 19.5 Å². The third-order valence-electron chi connectivity index (χ3n) is 1.23. The van der Waals surface area contributed by atoms with Gasteiger partial charge in [-0.3, -0.25) is 4.79 Å². The van der Waals surface area contributed by atoms with Crippen LogP contribution < -0.4 is 0 Å². The largest absolute Gasteiger partial charge is 0.483 e. The van der Waals surface area contributed by atoms with Crippen molar-refractivity contribution >= 4 is 12.6 Å². The highest BCUT2D eigenvalue weighted by atomic mass is 16.3. The summed E-state index contributed by atoms with van der Waals surface area (Å²) in [6.45, 7) is 13.7. The number of unbranched alkanes of at least 4 members (excludes halogenated alkanes) is 3. The van der Waals surface area contributed by atoms with E-state index in [0.29, 0.717) is 0 Å². The molecule has 0 saturated carbocycles. The van der Waals surface area contributed by atoms with Crippen molar-refractivity contribution in [2.75, 3.05) is 0 Å². The van der Waals surface area contributed by atoms with E-state index >= 15 is 0 Å². The molecule has 0 rings (SSSR count). The second-order valence-electron chi connectivity index (χ2n) is 2.52. The molecule has 0 saturated heterocycles. The summed E-state index contributed by atoms with van der Waals surface area (Å²) in [7, 11) is 0. The minimum Gasteiger partial charge on any atom is -0.483 e. The summed E-state index contributed by atoms with van der Waals surface area (Å²) < 4.78 is 0. The second-order valence-corrected chi connectivity index (χ2v) is 2.52. The lowest BCUT2D eigenvalue weighted by atomic mass is 10.2. The molecule has 4 heteroatoms. The number of hydrogen-bond acceptors (Lipinski definition) is 3. The van der Waals surface area contributed by atoms with Crippen molar-refractivity contribution in [1.29, 1.82) is 0 Å². The van der Waals surface area contributed by atoms with Gasteiger partial charge in [0, 0.05) is 0 Å². The van der Waals surface area contributed by atoms with Crippen LogP contribution in [0.1, 0.15) is 25.7 Å². The standard InChI is InChI=1S/C8H14.C4H6.CH2O2.CO2/c1-3-5-7-8-6-4-2;1-3-4-2;2*2-1-3/h3-4H,1-2,5-8H2;3-4H,1-2H2;1H,(H,2,3);. The fourth-order valence-electron chi connectivity index (χ4n) is 0.577. The molecule has 4 nitrogen and oxygen atoms in total. The molecular weight excluding hydrogens is 232 g/mol. The highest BCUT2D eigenvalue weighted by Crippen LogP contribution is 1.99. The number of carboxylic acid groups (broad SMARTS) is 1. The first-order valence-electron chi connectivity index (χ1n) is 5.18. The highest BCUT2D eigenvalue weighted by Gasteiger charge is 1.79. The lowest BCUT2D eigenvalue weighted by Crippen LogP contribution is -1.69. The van der Waals surface area contributed by atoms with E-state index in [1.807, 2.05) is 12.2 Å². The van der Waals surface area contributed by atoms with Gasteiger partial charge in [-0.15, -0.1) is 13.2 Å². The average Bonchev–Trinajstić information content (AvgIpc) is 2.37. The van der Waals surface area contributed by atoms with Crippen LogP contribution >= 0.6 is 0 Å². The molecule has 0 aromatic rings. The number of hydrogen-bond donors (Lipinski definition) is 1. The van der Waals surface area contributed by atoms with Crippen molar-refractivity contribution in [2.45, 2.75) is 25.7 Å². The highest BCUT2D eigenvalue weighted by molar-refractivity contribution is 5.32. The molecule has 102 valence electrons. The van der Waals surface area contributed by atoms with Crippen LogP contribution in [0.2, 0.25) is 0 Å². The van der Waals surface area contributed by atoms with E-state index in [9.17, 15) is 0 Å². The van der Waals surface area contributed by atoms with Gasteiger partial charge in [0.1, 0.15) is 0 Å². The zero-order valence-corrected chi connectivity index (χ0v) is 10.7. The third kappa shape index (κ3) is 156. The van der Waals surface area contributed by atoms with Crippen LogP contribution in [0.4, 0.5) is 0 Å². The monoisotopic (exact) mass is 254 g/mol. The summed E-state index contributed by atoms with van der Waals surface area (Å²) in [6.07, 6.45) is 12.3. The summed E-state index contributed by atoms with van der Waals surface area (Å²) in [6, 6.07) is 0. The average molecular weight is 254 g/mol. The summed E-state index contributed by atoms with van der Waals surface area (Å²) >= 11 is 0. The Hall–Kier alpha value is -2.19. The van der Waals surface area contributed by atoms with Gasteiger partial charge in [-0.05, 0) is 25.7 Å². The molecule has 0 atom stereocenters. The van der Waals surface area contributed by atoms with E-state index in [0.717, 1.165) is 12.8 Å². The van der Waals surface area contributed by atoms with Crippen LogP contribution in [-0.2, 0) is 14.4 Å². The Labute approximate surface area is 109 Å². The fourth-order valence-corrected chi connectivity index (χ4v) is 0.577. The van der Waals surface area contributed by atoms with Crippen LogP contribution in [0.3, 0.4) is 0 Å². The van der Waals surface area contributed by atoms with E-state index < -0.39 is 0 Å². The van der Waals surface area contributed by atoms with Crippen LogP contribution in [-0.4, -0.2) is 17.7 Å². The zero-order valence-electron chi connectivity index (χ0n) is 10.7. The summed E-state index contributed by atoms with van der Waals surface area (Å²) in [5, 5.41) is 6.89. The smallest absolute Gasteiger partial charge is 0.373 e. The molecule has 0 amide bonds. The number of carbonyl (C=O) groups is 1. The second kappa shape index (κ2) is 46.3. The Morgan fingerprint density at radius 3 is 1.22 bits per heavy atom. The Bertz CT molecular complexity index is 210. The lowest BCUT2D eigenvalue weighted by Gasteiger charge is -1.89. The molecule has 0 aromatic carbocycles. The van der Waals surface area contributed by atoms with E-state index in [1.165, 1.54) is 12.8 Å². The minimum absolute atomic E-state index is 0.250. The SMILES string of the molecule is C=CC=C.C=CCCCCC=C.O=C=O.O=CO. The van der Waals surface area contributed by atoms with Crippen molar-refractivity contribution in [3.05, 3.63) is 50.6 Å². The van der Waals surface area contributed by atoms with Crippen molar-refractivity contribution in [3.8, 4) is 0 Å². The molecule has 18 heavy (non-hydrogen) atoms. The van der Waals surface area contributed by atoms with Gasteiger partial charge in [0.05, 0.1) is 0 Å². The van der Waals surface area contributed by atoms with E-state index in [1.54, 1.807) is 12.2 Å². The summed E-state index contributed by atoms with van der Waals surface area (Å²) in [5.74, 6) is 0. The molecule has 0 fully saturated rings. The first-order chi connectivity index (χ1) is 8.66. The van der Waals surface area contributed by atoms with Gasteiger partial charge in [0.2, 0.25) is 0 Å². The van der Waals surface area contributed by atoms with Gasteiger partial charge in [-0.25, -0.2) is 0 Å². The Morgan fingerprint density at radius 1 is 0.889 bits per heavy atom. The third-order valence-corrected chi connectivity index (χ3v) is 1.23. The first-order valence-corrected chi connectivity index (χ1v) is 5.18. The minimum atomic E-state index is -0.250. The molecule has 0 bridgehead atoms. The molecule has 0 unspecified atom stereocenters. The number of rotatable bonds is 6. The Morgan fingerprint density at radius 2 is 1.11 bits per heavy atom. The van der Waals surface area contributed by atoms with Crippen LogP contribution in [0.15, 0.2) is 50.6 Å². The molecule has 0 aliphatic heterocycles. The van der Waals surface area contributed by atoms with Gasteiger partial charge in [0.25, 0.3) is 6.47 Å². The summed E-state index contributed by atoms with van der Waals surface area (Å²) in [5.41, 5.74) is 0. The van der Waals surface area contributed by atoms with Gasteiger partial charge >= 0.3 is 6.15 Å². The predicted molar refractivity (Wildman–Crippen MR) is 73.0 cm³/mol. The van der Waals surface area contributed by atoms with Crippen molar-refractivity contribution in [2.24, 2.45) is 0 Å². The normalized spacial score (nSPS) is 6.00. The van der Waals surface area contributed by atoms with Crippen molar-refractivity contribution in [3.63, 3.8) is 0 Å². The van der Waals surface area contributed by atoms with Crippen molar-refractivity contribution < 1.29 is 19.5 Å². The van der Waals surface area contributed by atoms with Crippen LogP contribution in [0, 0.1) is 0 Å². The van der Waals surface area contributed by atoms with E-state index in [-0.39, 0.29) is 12.6 Å². The van der Waals surface area contributed by atoms with Crippen LogP contribution in [0.25, 0.3) is 0 Å². The quantitative estimate of drug-likeness (QED) is 0.341. The molecule has 0 aliphatic carbocycles. The topological polar surface area (TPSA) is 71.4 Å². The predicted octanol–water partition coefficient (Wildman–Crippen LogP) is 3.39. The molecule has 0 spiro atoms. The molecule has 0 heterocycles. The molecule has 0 aliphatic rings.